The van der Waals surface area contributed by atoms with Crippen LogP contribution in [0.5, 0.6) is 11.5 Å². The van der Waals surface area contributed by atoms with Crippen LogP contribution in [0.4, 0.5) is 6.01 Å². The third-order valence-electron chi connectivity index (χ3n) is 3.23. The highest BCUT2D eigenvalue weighted by Gasteiger charge is 2.13. The van der Waals surface area contributed by atoms with Gasteiger partial charge in [0.05, 0.1) is 14.2 Å². The Balaban J connectivity index is 1.71. The van der Waals surface area contributed by atoms with Crippen LogP contribution in [0.3, 0.4) is 0 Å². The number of hydrogen-bond donors (Lipinski definition) is 1. The summed E-state index contributed by atoms with van der Waals surface area (Å²) in [7, 11) is 3.10. The van der Waals surface area contributed by atoms with Gasteiger partial charge in [-0.2, -0.15) is 0 Å². The Bertz CT molecular complexity index is 887. The van der Waals surface area contributed by atoms with E-state index in [2.05, 4.69) is 15.5 Å². The van der Waals surface area contributed by atoms with Crippen LogP contribution in [0.1, 0.15) is 4.88 Å². The molecule has 0 spiro atoms. The molecule has 7 nitrogen and oxygen atoms in total. The summed E-state index contributed by atoms with van der Waals surface area (Å²) < 4.78 is 15.9. The zero-order valence-electron chi connectivity index (χ0n) is 13.6. The van der Waals surface area contributed by atoms with Gasteiger partial charge in [0.25, 0.3) is 5.91 Å². The molecule has 128 valence electrons. The van der Waals surface area contributed by atoms with Gasteiger partial charge >= 0.3 is 6.01 Å². The first-order valence-corrected chi connectivity index (χ1v) is 8.16. The van der Waals surface area contributed by atoms with Gasteiger partial charge in [-0.25, -0.2) is 0 Å². The van der Waals surface area contributed by atoms with E-state index in [1.54, 1.807) is 38.5 Å². The van der Waals surface area contributed by atoms with Gasteiger partial charge in [-0.1, -0.05) is 11.2 Å². The number of nitrogens with zero attached hydrogens (tertiary/aromatic N) is 2. The Hall–Kier alpha value is -3.13. The quantitative estimate of drug-likeness (QED) is 0.680. The summed E-state index contributed by atoms with van der Waals surface area (Å²) in [6.07, 6.45) is 3.12. The minimum atomic E-state index is -0.351. The van der Waals surface area contributed by atoms with Crippen molar-refractivity contribution < 1.29 is 18.7 Å². The molecule has 0 aliphatic heterocycles. The molecule has 3 rings (SSSR count). The lowest BCUT2D eigenvalue weighted by atomic mass is 10.2. The molecule has 0 bridgehead atoms. The molecule has 0 radical (unpaired) electrons. The Morgan fingerprint density at radius 1 is 1.20 bits per heavy atom. The van der Waals surface area contributed by atoms with E-state index in [0.29, 0.717) is 17.1 Å². The fourth-order valence-corrected chi connectivity index (χ4v) is 2.67. The maximum absolute atomic E-state index is 11.9. The second-order valence-corrected chi connectivity index (χ2v) is 5.80. The van der Waals surface area contributed by atoms with Crippen LogP contribution in [0.15, 0.2) is 46.2 Å². The number of ether oxygens (including phenoxy) is 2. The fraction of sp³-hybridized carbons (Fsp3) is 0.118. The Kier molecular flexibility index (Phi) is 5.10. The number of benzene rings is 1. The average molecular weight is 357 g/mol. The van der Waals surface area contributed by atoms with Crippen molar-refractivity contribution in [1.29, 1.82) is 0 Å². The lowest BCUT2D eigenvalue weighted by Gasteiger charge is -2.07. The highest BCUT2D eigenvalue weighted by molar-refractivity contribution is 7.10. The second-order valence-electron chi connectivity index (χ2n) is 4.82. The number of hydrogen-bond acceptors (Lipinski definition) is 7. The summed E-state index contributed by atoms with van der Waals surface area (Å²) in [5.41, 5.74) is 0.653. The first kappa shape index (κ1) is 16.7. The summed E-state index contributed by atoms with van der Waals surface area (Å²) in [5, 5.41) is 12.2. The summed E-state index contributed by atoms with van der Waals surface area (Å²) in [5.74, 6) is 1.05. The molecule has 1 N–H and O–H groups in total. The molecular weight excluding hydrogens is 342 g/mol. The van der Waals surface area contributed by atoms with Crippen molar-refractivity contribution in [3.63, 3.8) is 0 Å². The van der Waals surface area contributed by atoms with Crippen molar-refractivity contribution in [3.8, 4) is 23.0 Å². The summed E-state index contributed by atoms with van der Waals surface area (Å²) in [4.78, 5) is 12.9. The maximum atomic E-state index is 11.9. The zero-order chi connectivity index (χ0) is 17.6. The van der Waals surface area contributed by atoms with Gasteiger partial charge in [0.15, 0.2) is 11.5 Å². The molecule has 0 atom stereocenters. The number of carbonyl (C=O) groups excluding carboxylic acids is 1. The number of methoxy groups -OCH3 is 2. The van der Waals surface area contributed by atoms with E-state index in [4.69, 9.17) is 13.9 Å². The Labute approximate surface area is 147 Å². The average Bonchev–Trinajstić information content (AvgIpc) is 3.31. The first-order valence-electron chi connectivity index (χ1n) is 7.28. The van der Waals surface area contributed by atoms with Gasteiger partial charge < -0.3 is 13.9 Å². The second kappa shape index (κ2) is 7.63. The van der Waals surface area contributed by atoms with E-state index in [1.807, 2.05) is 17.5 Å². The van der Waals surface area contributed by atoms with Crippen LogP contribution in [0, 0.1) is 0 Å². The standard InChI is InChI=1S/C17H15N3O4S/c1-22-13-7-5-11(10-14(13)23-2)16-19-20-17(24-16)18-15(21)8-6-12-4-3-9-25-12/h3-10H,1-2H3,(H,18,20,21)/b8-6+. The molecule has 0 aliphatic carbocycles. The van der Waals surface area contributed by atoms with Gasteiger partial charge in [0.1, 0.15) is 0 Å². The normalized spacial score (nSPS) is 10.8. The van der Waals surface area contributed by atoms with Crippen LogP contribution in [-0.4, -0.2) is 30.3 Å². The highest BCUT2D eigenvalue weighted by atomic mass is 32.1. The van der Waals surface area contributed by atoms with Crippen molar-refractivity contribution in [2.24, 2.45) is 0 Å². The van der Waals surface area contributed by atoms with Crippen LogP contribution >= 0.6 is 11.3 Å². The minimum absolute atomic E-state index is 0.0191. The van der Waals surface area contributed by atoms with Gasteiger partial charge in [-0.15, -0.1) is 16.4 Å². The van der Waals surface area contributed by atoms with Crippen molar-refractivity contribution in [1.82, 2.24) is 10.2 Å². The minimum Gasteiger partial charge on any atom is -0.493 e. The Morgan fingerprint density at radius 2 is 2.04 bits per heavy atom. The van der Waals surface area contributed by atoms with Crippen LogP contribution in [0.2, 0.25) is 0 Å². The van der Waals surface area contributed by atoms with E-state index >= 15 is 0 Å². The first-order chi connectivity index (χ1) is 12.2. The van der Waals surface area contributed by atoms with E-state index in [1.165, 1.54) is 17.4 Å². The number of anilines is 1. The fourth-order valence-electron chi connectivity index (χ4n) is 2.05. The van der Waals surface area contributed by atoms with Crippen LogP contribution in [0.25, 0.3) is 17.5 Å². The third-order valence-corrected chi connectivity index (χ3v) is 4.07. The third kappa shape index (κ3) is 4.04. The van der Waals surface area contributed by atoms with Crippen molar-refractivity contribution in [2.75, 3.05) is 19.5 Å². The molecule has 2 aromatic heterocycles. The maximum Gasteiger partial charge on any atom is 0.322 e. The molecule has 8 heteroatoms. The molecule has 3 aromatic rings. The van der Waals surface area contributed by atoms with Gasteiger partial charge in [-0.3, -0.25) is 10.1 Å². The van der Waals surface area contributed by atoms with E-state index in [-0.39, 0.29) is 17.8 Å². The van der Waals surface area contributed by atoms with E-state index in [0.717, 1.165) is 4.88 Å². The van der Waals surface area contributed by atoms with Crippen molar-refractivity contribution in [2.45, 2.75) is 0 Å². The SMILES string of the molecule is COc1ccc(-c2nnc(NC(=O)/C=C/c3cccs3)o2)cc1OC. The number of thiophene rings is 1. The molecule has 0 fully saturated rings. The van der Waals surface area contributed by atoms with E-state index in [9.17, 15) is 4.79 Å². The molecule has 1 aromatic carbocycles. The molecule has 0 unspecified atom stereocenters. The van der Waals surface area contributed by atoms with Crippen molar-refractivity contribution in [3.05, 3.63) is 46.7 Å². The molecule has 25 heavy (non-hydrogen) atoms. The Morgan fingerprint density at radius 3 is 2.76 bits per heavy atom. The van der Waals surface area contributed by atoms with Crippen LogP contribution in [-0.2, 0) is 4.79 Å². The number of aromatic nitrogens is 2. The molecular formula is C17H15N3O4S. The molecule has 1 amide bonds. The molecule has 2 heterocycles. The highest BCUT2D eigenvalue weighted by Crippen LogP contribution is 2.32. The zero-order valence-corrected chi connectivity index (χ0v) is 14.4. The van der Waals surface area contributed by atoms with Crippen LogP contribution < -0.4 is 14.8 Å². The molecule has 0 saturated heterocycles. The van der Waals surface area contributed by atoms with Gasteiger partial charge in [-0.05, 0) is 35.7 Å². The number of carbonyl (C=O) groups is 1. The van der Waals surface area contributed by atoms with Gasteiger partial charge in [0, 0.05) is 16.5 Å². The monoisotopic (exact) mass is 357 g/mol. The smallest absolute Gasteiger partial charge is 0.322 e. The summed E-state index contributed by atoms with van der Waals surface area (Å²) in [6, 6.07) is 9.06. The predicted octanol–water partition coefficient (Wildman–Crippen LogP) is 3.47. The lowest BCUT2D eigenvalue weighted by Crippen LogP contribution is -2.07. The number of amides is 1. The molecule has 0 saturated carbocycles. The number of rotatable bonds is 6. The van der Waals surface area contributed by atoms with Crippen molar-refractivity contribution >= 4 is 29.3 Å². The molecule has 0 aliphatic rings. The topological polar surface area (TPSA) is 86.5 Å². The number of nitrogens with one attached hydrogen (secondary N) is 1. The predicted molar refractivity (Wildman–Crippen MR) is 94.8 cm³/mol. The van der Waals surface area contributed by atoms with E-state index < -0.39 is 0 Å². The summed E-state index contributed by atoms with van der Waals surface area (Å²) >= 11 is 1.54. The lowest BCUT2D eigenvalue weighted by molar-refractivity contribution is -0.112. The summed E-state index contributed by atoms with van der Waals surface area (Å²) in [6.45, 7) is 0. The van der Waals surface area contributed by atoms with Gasteiger partial charge in [0.2, 0.25) is 5.89 Å². The largest absolute Gasteiger partial charge is 0.493 e.